The van der Waals surface area contributed by atoms with Crippen molar-refractivity contribution in [1.82, 2.24) is 9.88 Å². The smallest absolute Gasteiger partial charge is 0.0478 e. The Bertz CT molecular complexity index is 289. The van der Waals surface area contributed by atoms with Crippen LogP contribution in [0.1, 0.15) is 18.0 Å². The molecular weight excluding hydrogens is 176 g/mol. The van der Waals surface area contributed by atoms with E-state index < -0.39 is 0 Å². The summed E-state index contributed by atoms with van der Waals surface area (Å²) in [5.41, 5.74) is 1.21. The van der Waals surface area contributed by atoms with Crippen LogP contribution in [0.4, 0.5) is 0 Å². The van der Waals surface area contributed by atoms with Gasteiger partial charge >= 0.3 is 0 Å². The summed E-state index contributed by atoms with van der Waals surface area (Å²) in [4.78, 5) is 6.41. The van der Waals surface area contributed by atoms with E-state index in [4.69, 9.17) is 0 Å². The van der Waals surface area contributed by atoms with Crippen molar-refractivity contribution in [3.8, 4) is 0 Å². The molecular formula is C11H16N2O. The van der Waals surface area contributed by atoms with Crippen LogP contribution in [-0.4, -0.2) is 35.2 Å². The molecule has 0 radical (unpaired) electrons. The fourth-order valence-corrected chi connectivity index (χ4v) is 2.30. The van der Waals surface area contributed by atoms with Crippen LogP contribution in [0.15, 0.2) is 24.5 Å². The first-order chi connectivity index (χ1) is 6.83. The van der Waals surface area contributed by atoms with Crippen molar-refractivity contribution in [2.45, 2.75) is 12.5 Å². The molecule has 0 aromatic carbocycles. The SMILES string of the molecule is CN1CC[C@H](CO)[C@H]1c1cccnc1. The van der Waals surface area contributed by atoms with Crippen LogP contribution in [0.5, 0.6) is 0 Å². The van der Waals surface area contributed by atoms with Crippen molar-refractivity contribution < 1.29 is 5.11 Å². The third kappa shape index (κ3) is 1.65. The van der Waals surface area contributed by atoms with Gasteiger partial charge in [-0.25, -0.2) is 0 Å². The summed E-state index contributed by atoms with van der Waals surface area (Å²) < 4.78 is 0. The van der Waals surface area contributed by atoms with E-state index >= 15 is 0 Å². The molecule has 2 rings (SSSR count). The number of nitrogens with zero attached hydrogens (tertiary/aromatic N) is 2. The van der Waals surface area contributed by atoms with Crippen LogP contribution < -0.4 is 0 Å². The second kappa shape index (κ2) is 4.07. The van der Waals surface area contributed by atoms with E-state index in [0.717, 1.165) is 13.0 Å². The van der Waals surface area contributed by atoms with Gasteiger partial charge in [-0.05, 0) is 31.6 Å². The van der Waals surface area contributed by atoms with Crippen molar-refractivity contribution in [3.63, 3.8) is 0 Å². The Kier molecular flexibility index (Phi) is 2.79. The maximum Gasteiger partial charge on any atom is 0.0478 e. The zero-order chi connectivity index (χ0) is 9.97. The van der Waals surface area contributed by atoms with E-state index in [-0.39, 0.29) is 6.61 Å². The fourth-order valence-electron chi connectivity index (χ4n) is 2.30. The number of aromatic nitrogens is 1. The van der Waals surface area contributed by atoms with Gasteiger partial charge in [-0.2, -0.15) is 0 Å². The van der Waals surface area contributed by atoms with Gasteiger partial charge in [0.2, 0.25) is 0 Å². The lowest BCUT2D eigenvalue weighted by atomic mass is 9.96. The maximum atomic E-state index is 9.27. The van der Waals surface area contributed by atoms with Crippen LogP contribution in [0.3, 0.4) is 0 Å². The summed E-state index contributed by atoms with van der Waals surface area (Å²) >= 11 is 0. The van der Waals surface area contributed by atoms with Crippen molar-refractivity contribution in [1.29, 1.82) is 0 Å². The lowest BCUT2D eigenvalue weighted by Crippen LogP contribution is -2.22. The van der Waals surface area contributed by atoms with E-state index in [1.54, 1.807) is 6.20 Å². The molecule has 0 unspecified atom stereocenters. The molecule has 3 nitrogen and oxygen atoms in total. The minimum absolute atomic E-state index is 0.268. The lowest BCUT2D eigenvalue weighted by molar-refractivity contribution is 0.182. The number of aliphatic hydroxyl groups is 1. The monoisotopic (exact) mass is 192 g/mol. The lowest BCUT2D eigenvalue weighted by Gasteiger charge is -2.23. The Morgan fingerprint density at radius 2 is 2.50 bits per heavy atom. The number of aliphatic hydroxyl groups excluding tert-OH is 1. The second-order valence-corrected chi connectivity index (χ2v) is 3.94. The summed E-state index contributed by atoms with van der Waals surface area (Å²) in [5, 5.41) is 9.27. The van der Waals surface area contributed by atoms with Gasteiger partial charge in [-0.1, -0.05) is 6.07 Å². The average Bonchev–Trinajstić information content (AvgIpc) is 2.61. The molecule has 76 valence electrons. The molecule has 0 amide bonds. The average molecular weight is 192 g/mol. The molecule has 0 spiro atoms. The Hall–Kier alpha value is -0.930. The molecule has 2 atom stereocenters. The Labute approximate surface area is 84.4 Å². The van der Waals surface area contributed by atoms with Gasteiger partial charge in [0.1, 0.15) is 0 Å². The van der Waals surface area contributed by atoms with Gasteiger partial charge in [-0.3, -0.25) is 9.88 Å². The predicted octanol–water partition coefficient (Wildman–Crippen LogP) is 1.07. The standard InChI is InChI=1S/C11H16N2O/c1-13-6-4-10(8-14)11(13)9-3-2-5-12-7-9/h2-3,5,7,10-11,14H,4,6,8H2,1H3/t10-,11-/m1/s1. The number of pyridine rings is 1. The molecule has 1 aliphatic heterocycles. The van der Waals surface area contributed by atoms with Crippen LogP contribution in [-0.2, 0) is 0 Å². The van der Waals surface area contributed by atoms with E-state index in [1.165, 1.54) is 5.56 Å². The van der Waals surface area contributed by atoms with Gasteiger partial charge in [0.25, 0.3) is 0 Å². The molecule has 14 heavy (non-hydrogen) atoms. The second-order valence-electron chi connectivity index (χ2n) is 3.94. The van der Waals surface area contributed by atoms with Gasteiger partial charge in [0.15, 0.2) is 0 Å². The quantitative estimate of drug-likeness (QED) is 0.761. The highest BCUT2D eigenvalue weighted by Gasteiger charge is 2.32. The minimum Gasteiger partial charge on any atom is -0.396 e. The van der Waals surface area contributed by atoms with E-state index in [1.807, 2.05) is 12.3 Å². The first kappa shape index (κ1) is 9.62. The zero-order valence-electron chi connectivity index (χ0n) is 8.43. The molecule has 0 bridgehead atoms. The first-order valence-corrected chi connectivity index (χ1v) is 5.04. The number of hydrogen-bond acceptors (Lipinski definition) is 3. The van der Waals surface area contributed by atoms with E-state index in [0.29, 0.717) is 12.0 Å². The Balaban J connectivity index is 2.23. The normalized spacial score (nSPS) is 28.1. The van der Waals surface area contributed by atoms with Crippen molar-refractivity contribution in [2.24, 2.45) is 5.92 Å². The summed E-state index contributed by atoms with van der Waals surface area (Å²) in [6.07, 6.45) is 4.76. The van der Waals surface area contributed by atoms with Gasteiger partial charge < -0.3 is 5.11 Å². The van der Waals surface area contributed by atoms with Crippen LogP contribution in [0, 0.1) is 5.92 Å². The molecule has 2 heterocycles. The summed E-state index contributed by atoms with van der Waals surface area (Å²) in [6, 6.07) is 4.38. The molecule has 3 heteroatoms. The highest BCUT2D eigenvalue weighted by atomic mass is 16.3. The third-order valence-corrected chi connectivity index (χ3v) is 3.03. The molecule has 1 aromatic heterocycles. The number of likely N-dealkylation sites (tertiary alicyclic amines) is 1. The van der Waals surface area contributed by atoms with Crippen LogP contribution in [0.25, 0.3) is 0 Å². The minimum atomic E-state index is 0.268. The maximum absolute atomic E-state index is 9.27. The summed E-state index contributed by atoms with van der Waals surface area (Å²) in [5.74, 6) is 0.365. The highest BCUT2D eigenvalue weighted by Crippen LogP contribution is 2.34. The fraction of sp³-hybridized carbons (Fsp3) is 0.545. The van der Waals surface area contributed by atoms with Gasteiger partial charge in [0, 0.05) is 31.0 Å². The third-order valence-electron chi connectivity index (χ3n) is 3.03. The van der Waals surface area contributed by atoms with Crippen molar-refractivity contribution in [2.75, 3.05) is 20.2 Å². The summed E-state index contributed by atoms with van der Waals surface area (Å²) in [7, 11) is 2.10. The molecule has 1 saturated heterocycles. The van der Waals surface area contributed by atoms with E-state index in [9.17, 15) is 5.11 Å². The van der Waals surface area contributed by atoms with E-state index in [2.05, 4.69) is 23.0 Å². The highest BCUT2D eigenvalue weighted by molar-refractivity contribution is 5.16. The molecule has 1 N–H and O–H groups in total. The first-order valence-electron chi connectivity index (χ1n) is 5.04. The molecule has 0 saturated carbocycles. The van der Waals surface area contributed by atoms with Crippen molar-refractivity contribution >= 4 is 0 Å². The topological polar surface area (TPSA) is 36.4 Å². The Morgan fingerprint density at radius 1 is 1.64 bits per heavy atom. The zero-order valence-corrected chi connectivity index (χ0v) is 8.43. The number of hydrogen-bond donors (Lipinski definition) is 1. The predicted molar refractivity (Wildman–Crippen MR) is 54.8 cm³/mol. The molecule has 1 aliphatic rings. The molecule has 1 fully saturated rings. The number of rotatable bonds is 2. The molecule has 0 aliphatic carbocycles. The van der Waals surface area contributed by atoms with Gasteiger partial charge in [0.05, 0.1) is 0 Å². The Morgan fingerprint density at radius 3 is 3.14 bits per heavy atom. The van der Waals surface area contributed by atoms with Crippen LogP contribution in [0.2, 0.25) is 0 Å². The van der Waals surface area contributed by atoms with Crippen molar-refractivity contribution in [3.05, 3.63) is 30.1 Å². The van der Waals surface area contributed by atoms with Gasteiger partial charge in [-0.15, -0.1) is 0 Å². The van der Waals surface area contributed by atoms with Crippen LogP contribution >= 0.6 is 0 Å². The molecule has 1 aromatic rings. The summed E-state index contributed by atoms with van der Waals surface area (Å²) in [6.45, 7) is 1.33. The largest absolute Gasteiger partial charge is 0.396 e.